The van der Waals surface area contributed by atoms with Crippen LogP contribution in [0.4, 0.5) is 23.0 Å². The Morgan fingerprint density at radius 3 is 2.36 bits per heavy atom. The van der Waals surface area contributed by atoms with Gasteiger partial charge in [-0.3, -0.25) is 39.1 Å². The predicted octanol–water partition coefficient (Wildman–Crippen LogP) is 4.89. The zero-order valence-corrected chi connectivity index (χ0v) is 37.7. The zero-order valence-electron chi connectivity index (χ0n) is 37.7. The Morgan fingerprint density at radius 1 is 0.806 bits per heavy atom. The summed E-state index contributed by atoms with van der Waals surface area (Å²) in [5, 5.41) is 17.2. The highest BCUT2D eigenvalue weighted by Crippen LogP contribution is 2.50. The van der Waals surface area contributed by atoms with E-state index in [2.05, 4.69) is 42.5 Å². The number of nitrogens with one attached hydrogen (secondary N) is 2. The molecule has 4 fully saturated rings. The van der Waals surface area contributed by atoms with E-state index in [9.17, 15) is 29.1 Å². The molecule has 5 aromatic rings. The minimum Gasteiger partial charge on any atom is -0.384 e. The van der Waals surface area contributed by atoms with Crippen molar-refractivity contribution >= 4 is 57.7 Å². The number of fused-ring (bicyclic) bond motifs is 7. The van der Waals surface area contributed by atoms with Crippen LogP contribution in [0.1, 0.15) is 91.1 Å². The van der Waals surface area contributed by atoms with E-state index in [1.165, 1.54) is 19.3 Å². The number of rotatable bonds is 7. The molecule has 1 aliphatic carbocycles. The van der Waals surface area contributed by atoms with Gasteiger partial charge in [0.1, 0.15) is 17.0 Å². The van der Waals surface area contributed by atoms with Gasteiger partial charge >= 0.3 is 0 Å². The third kappa shape index (κ3) is 7.96. The highest BCUT2D eigenvalue weighted by atomic mass is 16.3. The lowest BCUT2D eigenvalue weighted by atomic mass is 9.76. The molecule has 17 nitrogen and oxygen atoms in total. The molecule has 3 saturated heterocycles. The number of carbonyl (C=O) groups excluding carboxylic acids is 4. The van der Waals surface area contributed by atoms with Crippen molar-refractivity contribution in [1.82, 2.24) is 39.4 Å². The zero-order chi connectivity index (χ0) is 46.0. The van der Waals surface area contributed by atoms with Gasteiger partial charge in [0, 0.05) is 75.5 Å². The van der Waals surface area contributed by atoms with Crippen molar-refractivity contribution in [1.29, 1.82) is 0 Å². The second kappa shape index (κ2) is 16.9. The highest BCUT2D eigenvalue weighted by molar-refractivity contribution is 6.23. The van der Waals surface area contributed by atoms with E-state index in [4.69, 9.17) is 9.97 Å². The quantitative estimate of drug-likeness (QED) is 0.148. The number of aliphatic hydroxyl groups is 1. The normalized spacial score (nSPS) is 24.7. The summed E-state index contributed by atoms with van der Waals surface area (Å²) in [5.74, 6) is -0.394. The maximum atomic E-state index is 13.6. The van der Waals surface area contributed by atoms with Crippen molar-refractivity contribution in [2.75, 3.05) is 60.9 Å². The van der Waals surface area contributed by atoms with Gasteiger partial charge in [0.25, 0.3) is 17.4 Å². The number of allylic oxidation sites excluding steroid dienone is 2. The smallest absolute Gasteiger partial charge is 0.278 e. The highest BCUT2D eigenvalue weighted by Gasteiger charge is 2.46. The standard InChI is InChI=1S/C50H55N11O6/c1-49(67)17-3-2-4-21-59-45(64)38-30-51-48(55-43(38)61(59)41-7-5-6-40(49)53-41)52-33-8-10-34(11-9-33)58-26-24-56(25-27-58)31-32-16-18-50(29-32)19-22-57(23-20-50)35-12-13-36-37(28-35)47(66)60(46(36)65)39-14-15-42(62)54-44(39)63/h2,4-13,28,30,32,39,67H,3,14-27,29,31H2,1H3,(H,51,52,55)(H,54,62,63)/b4-2-/t32?,39?,49-/m1/s1. The SMILES string of the molecule is C[C@@]1(O)CC/C=C\Cn2c(=O)c3cnc(Nc4ccc(N5CCN(CC6CCC7(CCN(c8ccc9c(c8)C(=O)N(C8CCC(=O)NC8=O)C9=O)CC7)C6)CC5)cc4)nc3n2-c2cccc1n2. The van der Waals surface area contributed by atoms with Gasteiger partial charge < -0.3 is 20.2 Å². The molecule has 1 spiro atoms. The van der Waals surface area contributed by atoms with Gasteiger partial charge in [0.15, 0.2) is 11.5 Å². The molecule has 11 rings (SSSR count). The third-order valence-corrected chi connectivity index (χ3v) is 15.2. The molecule has 17 heteroatoms. The number of piperidine rings is 2. The van der Waals surface area contributed by atoms with Crippen molar-refractivity contribution in [3.63, 3.8) is 0 Å². The predicted molar refractivity (Wildman–Crippen MR) is 252 cm³/mol. The van der Waals surface area contributed by atoms with Crippen LogP contribution in [0, 0.1) is 11.3 Å². The molecule has 5 aliphatic heterocycles. The lowest BCUT2D eigenvalue weighted by Gasteiger charge is -2.41. The van der Waals surface area contributed by atoms with Crippen molar-refractivity contribution in [2.24, 2.45) is 11.3 Å². The van der Waals surface area contributed by atoms with Gasteiger partial charge in [-0.25, -0.2) is 19.3 Å². The minimum absolute atomic E-state index is 0.0979. The molecule has 3 N–H and O–H groups in total. The third-order valence-electron chi connectivity index (χ3n) is 15.2. The fourth-order valence-electron chi connectivity index (χ4n) is 11.4. The van der Waals surface area contributed by atoms with Gasteiger partial charge in [0.05, 0.1) is 23.4 Å². The molecule has 6 aliphatic rings. The van der Waals surface area contributed by atoms with Crippen LogP contribution in [0.3, 0.4) is 0 Å². The molecule has 3 aromatic heterocycles. The number of anilines is 4. The van der Waals surface area contributed by atoms with Crippen LogP contribution in [0.5, 0.6) is 0 Å². The van der Waals surface area contributed by atoms with E-state index >= 15 is 0 Å². The Kier molecular flexibility index (Phi) is 10.8. The van der Waals surface area contributed by atoms with E-state index in [0.717, 1.165) is 80.6 Å². The summed E-state index contributed by atoms with van der Waals surface area (Å²) < 4.78 is 3.32. The number of benzene rings is 2. The first-order valence-corrected chi connectivity index (χ1v) is 23.7. The number of carbonyl (C=O) groups is 4. The van der Waals surface area contributed by atoms with Gasteiger partial charge in [-0.2, -0.15) is 4.98 Å². The summed E-state index contributed by atoms with van der Waals surface area (Å²) in [7, 11) is 0. The van der Waals surface area contributed by atoms with Crippen molar-refractivity contribution in [3.05, 3.63) is 106 Å². The fraction of sp³-hybridized carbons (Fsp3) is 0.440. The number of amides is 4. The van der Waals surface area contributed by atoms with Crippen molar-refractivity contribution in [3.8, 4) is 5.82 Å². The maximum Gasteiger partial charge on any atom is 0.278 e. The van der Waals surface area contributed by atoms with Crippen LogP contribution >= 0.6 is 0 Å². The first kappa shape index (κ1) is 42.9. The average Bonchev–Trinajstić information content (AvgIpc) is 3.93. The van der Waals surface area contributed by atoms with Crippen LogP contribution in [-0.4, -0.2) is 115 Å². The molecule has 346 valence electrons. The Labute approximate surface area is 387 Å². The second-order valence-electron chi connectivity index (χ2n) is 19.5. The molecule has 4 amide bonds. The Balaban J connectivity index is 0.677. The number of pyridine rings is 1. The molecular weight excluding hydrogens is 851 g/mol. The van der Waals surface area contributed by atoms with E-state index < -0.39 is 29.4 Å². The Morgan fingerprint density at radius 2 is 1.57 bits per heavy atom. The molecule has 2 unspecified atom stereocenters. The summed E-state index contributed by atoms with van der Waals surface area (Å²) in [5.41, 5.74) is 3.53. The molecule has 67 heavy (non-hydrogen) atoms. The van der Waals surface area contributed by atoms with Crippen LogP contribution in [0.25, 0.3) is 16.9 Å². The van der Waals surface area contributed by atoms with Crippen molar-refractivity contribution in [2.45, 2.75) is 82.9 Å². The average molecular weight is 906 g/mol. The summed E-state index contributed by atoms with van der Waals surface area (Å²) >= 11 is 0. The van der Waals surface area contributed by atoms with Gasteiger partial charge in [0.2, 0.25) is 17.8 Å². The van der Waals surface area contributed by atoms with E-state index in [-0.39, 0.29) is 24.3 Å². The van der Waals surface area contributed by atoms with Crippen LogP contribution in [0.15, 0.2) is 83.8 Å². The first-order chi connectivity index (χ1) is 32.4. The number of imide groups is 2. The molecule has 1 saturated carbocycles. The van der Waals surface area contributed by atoms with E-state index in [0.29, 0.717) is 70.3 Å². The number of aromatic nitrogens is 5. The van der Waals surface area contributed by atoms with Crippen LogP contribution < -0.4 is 26.0 Å². The van der Waals surface area contributed by atoms with E-state index in [1.807, 2.05) is 54.6 Å². The van der Waals surface area contributed by atoms with Gasteiger partial charge in [-0.05, 0) is 124 Å². The summed E-state index contributed by atoms with van der Waals surface area (Å²) in [6, 6.07) is 18.3. The fourth-order valence-corrected chi connectivity index (χ4v) is 11.4. The lowest BCUT2D eigenvalue weighted by molar-refractivity contribution is -0.136. The summed E-state index contributed by atoms with van der Waals surface area (Å²) in [6.07, 6.45) is 12.8. The van der Waals surface area contributed by atoms with Crippen LogP contribution in [0.2, 0.25) is 0 Å². The monoisotopic (exact) mass is 905 g/mol. The molecule has 2 bridgehead atoms. The maximum absolute atomic E-state index is 13.6. The Hall–Kier alpha value is -6.72. The van der Waals surface area contributed by atoms with Gasteiger partial charge in [-0.1, -0.05) is 18.2 Å². The lowest BCUT2D eigenvalue weighted by Crippen LogP contribution is -2.54. The number of nitrogens with zero attached hydrogens (tertiary/aromatic N) is 9. The molecule has 3 atom stereocenters. The minimum atomic E-state index is -1.12. The van der Waals surface area contributed by atoms with Crippen molar-refractivity contribution < 1.29 is 24.3 Å². The molecular formula is C50H55N11O6. The number of piperazine rings is 1. The van der Waals surface area contributed by atoms with Gasteiger partial charge in [-0.15, -0.1) is 0 Å². The first-order valence-electron chi connectivity index (χ1n) is 23.7. The topological polar surface area (TPSA) is 191 Å². The van der Waals surface area contributed by atoms with Crippen LogP contribution in [-0.2, 0) is 21.7 Å². The second-order valence-corrected chi connectivity index (χ2v) is 19.5. The van der Waals surface area contributed by atoms with E-state index in [1.54, 1.807) is 28.6 Å². The molecule has 0 radical (unpaired) electrons. The number of hydrogen-bond acceptors (Lipinski definition) is 13. The summed E-state index contributed by atoms with van der Waals surface area (Å²) in [4.78, 5) is 87.0. The molecule has 2 aromatic carbocycles. The summed E-state index contributed by atoms with van der Waals surface area (Å²) in [6.45, 7) is 8.93. The largest absolute Gasteiger partial charge is 0.384 e. The Bertz CT molecular complexity index is 2890. The number of hydrogen-bond donors (Lipinski definition) is 3. The molecule has 8 heterocycles.